The van der Waals surface area contributed by atoms with Crippen molar-refractivity contribution < 1.29 is 19.1 Å². The minimum atomic E-state index is -0.609. The van der Waals surface area contributed by atoms with Gasteiger partial charge in [0.05, 0.1) is 5.56 Å². The Balaban J connectivity index is 1.64. The number of carbonyl (C=O) groups excluding carboxylic acids is 3. The lowest BCUT2D eigenvalue weighted by Gasteiger charge is -2.07. The second-order valence-electron chi connectivity index (χ2n) is 6.96. The summed E-state index contributed by atoms with van der Waals surface area (Å²) < 4.78 is 7.17. The molecule has 0 aliphatic carbocycles. The number of benzene rings is 2. The molecule has 3 rings (SSSR count). The van der Waals surface area contributed by atoms with E-state index in [2.05, 4.69) is 6.58 Å². The molecule has 0 radical (unpaired) electrons. The summed E-state index contributed by atoms with van der Waals surface area (Å²) in [5.74, 6) is -0.995. The average molecular weight is 401 g/mol. The van der Waals surface area contributed by atoms with E-state index in [1.807, 2.05) is 24.5 Å². The third-order valence-electron chi connectivity index (χ3n) is 4.94. The molecule has 0 amide bonds. The number of nitrogens with zero attached hydrogens (tertiary/aromatic N) is 1. The minimum Gasteiger partial charge on any atom is -0.454 e. The van der Waals surface area contributed by atoms with Crippen LogP contribution in [-0.2, 0) is 11.3 Å². The van der Waals surface area contributed by atoms with Gasteiger partial charge in [-0.2, -0.15) is 0 Å². The van der Waals surface area contributed by atoms with Crippen molar-refractivity contribution in [2.24, 2.45) is 0 Å². The maximum atomic E-state index is 12.5. The highest BCUT2D eigenvalue weighted by Crippen LogP contribution is 2.17. The molecular formula is C25H23NO4. The summed E-state index contributed by atoms with van der Waals surface area (Å²) in [6, 6.07) is 16.9. The van der Waals surface area contributed by atoms with Gasteiger partial charge in [-0.05, 0) is 32.0 Å². The quantitative estimate of drug-likeness (QED) is 0.315. The number of rotatable bonds is 8. The predicted molar refractivity (Wildman–Crippen MR) is 115 cm³/mol. The number of carbonyl (C=O) groups is 3. The van der Waals surface area contributed by atoms with Crippen molar-refractivity contribution in [2.75, 3.05) is 6.61 Å². The van der Waals surface area contributed by atoms with Gasteiger partial charge in [-0.3, -0.25) is 9.59 Å². The van der Waals surface area contributed by atoms with Crippen LogP contribution >= 0.6 is 0 Å². The number of ketones is 2. The average Bonchev–Trinajstić information content (AvgIpc) is 3.06. The number of hydrogen-bond acceptors (Lipinski definition) is 4. The smallest absolute Gasteiger partial charge is 0.338 e. The Morgan fingerprint density at radius 2 is 1.53 bits per heavy atom. The number of aryl methyl sites for hydroxylation is 1. The Kier molecular flexibility index (Phi) is 6.42. The van der Waals surface area contributed by atoms with Crippen molar-refractivity contribution in [3.63, 3.8) is 0 Å². The Morgan fingerprint density at radius 3 is 2.17 bits per heavy atom. The van der Waals surface area contributed by atoms with Crippen LogP contribution in [0, 0.1) is 13.8 Å². The molecule has 2 aromatic carbocycles. The highest BCUT2D eigenvalue weighted by Gasteiger charge is 2.18. The number of Topliss-reactive ketones (excluding diaryl/α,β-unsaturated/α-hetero) is 1. The van der Waals surface area contributed by atoms with Crippen LogP contribution in [0.5, 0.6) is 0 Å². The lowest BCUT2D eigenvalue weighted by atomic mass is 10.0. The van der Waals surface area contributed by atoms with Crippen LogP contribution in [0.2, 0.25) is 0 Å². The molecule has 0 bridgehead atoms. The summed E-state index contributed by atoms with van der Waals surface area (Å²) in [5.41, 5.74) is 3.63. The molecule has 0 atom stereocenters. The van der Waals surface area contributed by atoms with Gasteiger partial charge in [-0.25, -0.2) is 4.79 Å². The van der Waals surface area contributed by atoms with E-state index in [9.17, 15) is 14.4 Å². The monoisotopic (exact) mass is 401 g/mol. The Morgan fingerprint density at radius 1 is 0.933 bits per heavy atom. The van der Waals surface area contributed by atoms with E-state index < -0.39 is 5.97 Å². The third-order valence-corrected chi connectivity index (χ3v) is 4.94. The van der Waals surface area contributed by atoms with E-state index in [-0.39, 0.29) is 23.7 Å². The van der Waals surface area contributed by atoms with Crippen molar-refractivity contribution >= 4 is 17.5 Å². The van der Waals surface area contributed by atoms with E-state index in [4.69, 9.17) is 4.74 Å². The molecule has 30 heavy (non-hydrogen) atoms. The van der Waals surface area contributed by atoms with Crippen molar-refractivity contribution in [3.05, 3.63) is 107 Å². The molecule has 1 aromatic heterocycles. The van der Waals surface area contributed by atoms with Crippen molar-refractivity contribution in [1.82, 2.24) is 4.57 Å². The zero-order chi connectivity index (χ0) is 21.7. The first-order valence-electron chi connectivity index (χ1n) is 9.60. The van der Waals surface area contributed by atoms with Gasteiger partial charge in [-0.1, -0.05) is 48.5 Å². The van der Waals surface area contributed by atoms with Crippen LogP contribution in [0.1, 0.15) is 48.0 Å². The summed E-state index contributed by atoms with van der Waals surface area (Å²) in [7, 11) is 0. The van der Waals surface area contributed by atoms with Gasteiger partial charge >= 0.3 is 5.97 Å². The van der Waals surface area contributed by atoms with Gasteiger partial charge in [0.25, 0.3) is 0 Å². The standard InChI is InChI=1S/C25H23NO4/c1-4-14-26-17(2)15-22(18(26)3)23(27)16-30-25(29)21-12-10-20(11-13-21)24(28)19-8-6-5-7-9-19/h4-13,15H,1,14,16H2,2-3H3. The Hall–Kier alpha value is -3.73. The molecule has 0 fully saturated rings. The maximum absolute atomic E-state index is 12.5. The van der Waals surface area contributed by atoms with Crippen LogP contribution in [0.3, 0.4) is 0 Å². The highest BCUT2D eigenvalue weighted by atomic mass is 16.5. The van der Waals surface area contributed by atoms with E-state index in [1.165, 1.54) is 12.1 Å². The first-order valence-corrected chi connectivity index (χ1v) is 9.60. The maximum Gasteiger partial charge on any atom is 0.338 e. The lowest BCUT2D eigenvalue weighted by Crippen LogP contribution is -2.15. The molecule has 5 nitrogen and oxygen atoms in total. The third kappa shape index (κ3) is 4.46. The van der Waals surface area contributed by atoms with Gasteiger partial charge in [-0.15, -0.1) is 6.58 Å². The van der Waals surface area contributed by atoms with Crippen LogP contribution in [-0.4, -0.2) is 28.7 Å². The first-order chi connectivity index (χ1) is 14.4. The Labute approximate surface area is 175 Å². The number of ether oxygens (including phenoxy) is 1. The van der Waals surface area contributed by atoms with Crippen LogP contribution in [0.25, 0.3) is 0 Å². The van der Waals surface area contributed by atoms with Crippen LogP contribution < -0.4 is 0 Å². The topological polar surface area (TPSA) is 65.4 Å². The molecule has 0 saturated heterocycles. The number of aromatic nitrogens is 1. The van der Waals surface area contributed by atoms with Gasteiger partial charge < -0.3 is 9.30 Å². The molecule has 0 unspecified atom stereocenters. The van der Waals surface area contributed by atoms with E-state index in [1.54, 1.807) is 48.5 Å². The normalized spacial score (nSPS) is 10.5. The van der Waals surface area contributed by atoms with Gasteiger partial charge in [0, 0.05) is 34.6 Å². The summed E-state index contributed by atoms with van der Waals surface area (Å²) in [4.78, 5) is 37.3. The van der Waals surface area contributed by atoms with E-state index in [0.717, 1.165) is 11.4 Å². The second kappa shape index (κ2) is 9.18. The number of allylic oxidation sites excluding steroid dienone is 1. The minimum absolute atomic E-state index is 0.124. The van der Waals surface area contributed by atoms with Gasteiger partial charge in [0.2, 0.25) is 5.78 Å². The predicted octanol–water partition coefficient (Wildman–Crippen LogP) is 4.56. The molecule has 0 aliphatic heterocycles. The molecule has 0 saturated carbocycles. The molecule has 0 N–H and O–H groups in total. The SMILES string of the molecule is C=CCn1c(C)cc(C(=O)COC(=O)c2ccc(C(=O)c3ccccc3)cc2)c1C. The molecule has 0 spiro atoms. The van der Waals surface area contributed by atoms with E-state index >= 15 is 0 Å². The van der Waals surface area contributed by atoms with Crippen LogP contribution in [0.15, 0.2) is 73.3 Å². The molecule has 1 heterocycles. The highest BCUT2D eigenvalue weighted by molar-refractivity contribution is 6.09. The van der Waals surface area contributed by atoms with Crippen molar-refractivity contribution in [1.29, 1.82) is 0 Å². The largest absolute Gasteiger partial charge is 0.454 e. The number of esters is 1. The first kappa shape index (κ1) is 21.0. The second-order valence-corrected chi connectivity index (χ2v) is 6.96. The zero-order valence-electron chi connectivity index (χ0n) is 17.1. The van der Waals surface area contributed by atoms with Crippen molar-refractivity contribution in [2.45, 2.75) is 20.4 Å². The Bertz CT molecular complexity index is 1090. The summed E-state index contributed by atoms with van der Waals surface area (Å²) in [6.45, 7) is 7.76. The van der Waals surface area contributed by atoms with Gasteiger partial charge in [0.1, 0.15) is 0 Å². The summed E-state index contributed by atoms with van der Waals surface area (Å²) >= 11 is 0. The lowest BCUT2D eigenvalue weighted by molar-refractivity contribution is 0.0474. The molecule has 152 valence electrons. The molecule has 5 heteroatoms. The number of hydrogen-bond donors (Lipinski definition) is 0. The fraction of sp³-hybridized carbons (Fsp3) is 0.160. The molecule has 0 aliphatic rings. The van der Waals surface area contributed by atoms with E-state index in [0.29, 0.717) is 23.2 Å². The van der Waals surface area contributed by atoms with Crippen LogP contribution in [0.4, 0.5) is 0 Å². The summed E-state index contributed by atoms with van der Waals surface area (Å²) in [6.07, 6.45) is 1.76. The summed E-state index contributed by atoms with van der Waals surface area (Å²) in [5, 5.41) is 0. The molecule has 3 aromatic rings. The zero-order valence-corrected chi connectivity index (χ0v) is 17.1. The fourth-order valence-corrected chi connectivity index (χ4v) is 3.30. The van der Waals surface area contributed by atoms with Crippen molar-refractivity contribution in [3.8, 4) is 0 Å². The fourth-order valence-electron chi connectivity index (χ4n) is 3.30. The van der Waals surface area contributed by atoms with Gasteiger partial charge in [0.15, 0.2) is 12.4 Å². The molecular weight excluding hydrogens is 378 g/mol.